The fourth-order valence-corrected chi connectivity index (χ4v) is 3.36. The molecule has 2 aliphatic rings. The molecule has 0 radical (unpaired) electrons. The second-order valence-corrected chi connectivity index (χ2v) is 5.58. The second kappa shape index (κ2) is 4.40. The van der Waals surface area contributed by atoms with Gasteiger partial charge in [-0.25, -0.2) is 9.98 Å². The Bertz CT molecular complexity index is 688. The van der Waals surface area contributed by atoms with E-state index in [1.165, 1.54) is 5.56 Å². The van der Waals surface area contributed by atoms with E-state index in [9.17, 15) is 4.79 Å². The third kappa shape index (κ3) is 1.80. The van der Waals surface area contributed by atoms with Crippen molar-refractivity contribution in [2.75, 3.05) is 0 Å². The van der Waals surface area contributed by atoms with E-state index < -0.39 is 0 Å². The van der Waals surface area contributed by atoms with Gasteiger partial charge in [-0.2, -0.15) is 0 Å². The Kier molecular flexibility index (Phi) is 2.55. The van der Waals surface area contributed by atoms with E-state index >= 15 is 0 Å². The van der Waals surface area contributed by atoms with Crippen molar-refractivity contribution in [3.05, 3.63) is 48.0 Å². The summed E-state index contributed by atoms with van der Waals surface area (Å²) in [5.41, 5.74) is 2.95. The van der Waals surface area contributed by atoms with Crippen LogP contribution >= 0.6 is 0 Å². The first-order valence-corrected chi connectivity index (χ1v) is 7.00. The molecule has 1 saturated carbocycles. The van der Waals surface area contributed by atoms with Crippen molar-refractivity contribution >= 4 is 17.2 Å². The molecule has 0 bridgehead atoms. The molecule has 4 nitrogen and oxygen atoms in total. The molecule has 2 unspecified atom stereocenters. The molecule has 1 aromatic heterocycles. The van der Waals surface area contributed by atoms with Crippen LogP contribution in [0, 0.1) is 5.92 Å². The molecule has 0 amide bonds. The maximum atomic E-state index is 12.3. The lowest BCUT2D eigenvalue weighted by Gasteiger charge is -2.26. The van der Waals surface area contributed by atoms with Crippen LogP contribution in [0.15, 0.2) is 41.7 Å². The maximum absolute atomic E-state index is 12.3. The summed E-state index contributed by atoms with van der Waals surface area (Å²) in [4.78, 5) is 24.2. The monoisotopic (exact) mass is 265 g/mol. The Labute approximate surface area is 117 Å². The molecule has 0 saturated heterocycles. The Morgan fingerprint density at radius 3 is 3.05 bits per heavy atom. The largest absolute Gasteiger partial charge is 0.349 e. The van der Waals surface area contributed by atoms with Crippen molar-refractivity contribution in [3.8, 4) is 0 Å². The summed E-state index contributed by atoms with van der Waals surface area (Å²) in [5.74, 6) is 1.71. The van der Waals surface area contributed by atoms with Gasteiger partial charge in [-0.3, -0.25) is 4.79 Å². The zero-order valence-electron chi connectivity index (χ0n) is 11.0. The Balaban J connectivity index is 1.62. The number of benzene rings is 1. The number of rotatable bonds is 2. The van der Waals surface area contributed by atoms with Gasteiger partial charge in [0.2, 0.25) is 0 Å². The third-order valence-corrected chi connectivity index (χ3v) is 4.25. The zero-order chi connectivity index (χ0) is 13.5. The summed E-state index contributed by atoms with van der Waals surface area (Å²) < 4.78 is 0. The van der Waals surface area contributed by atoms with E-state index in [2.05, 4.69) is 21.0 Å². The van der Waals surface area contributed by atoms with Crippen LogP contribution in [0.1, 0.15) is 30.1 Å². The van der Waals surface area contributed by atoms with Gasteiger partial charge in [0.15, 0.2) is 5.78 Å². The average Bonchev–Trinajstić information content (AvgIpc) is 3.07. The van der Waals surface area contributed by atoms with E-state index in [4.69, 9.17) is 0 Å². The number of aromatic amines is 1. The Morgan fingerprint density at radius 1 is 1.30 bits per heavy atom. The molecule has 4 heteroatoms. The molecule has 1 aliphatic heterocycles. The van der Waals surface area contributed by atoms with E-state index in [0.29, 0.717) is 12.3 Å². The zero-order valence-corrected chi connectivity index (χ0v) is 11.0. The normalized spacial score (nSPS) is 24.2. The molecular weight excluding hydrogens is 250 g/mol. The summed E-state index contributed by atoms with van der Waals surface area (Å²) in [7, 11) is 0. The first-order chi connectivity index (χ1) is 9.81. The first-order valence-electron chi connectivity index (χ1n) is 7.00. The van der Waals surface area contributed by atoms with Gasteiger partial charge in [0.25, 0.3) is 0 Å². The van der Waals surface area contributed by atoms with E-state index in [-0.39, 0.29) is 11.7 Å². The summed E-state index contributed by atoms with van der Waals surface area (Å²) in [6.45, 7) is 0. The first kappa shape index (κ1) is 11.6. The molecule has 100 valence electrons. The Hall–Kier alpha value is -2.23. The molecule has 2 aromatic rings. The predicted octanol–water partition coefficient (Wildman–Crippen LogP) is 2.80. The molecule has 0 spiro atoms. The number of imidazole rings is 1. The quantitative estimate of drug-likeness (QED) is 0.907. The molecule has 1 aromatic carbocycles. The van der Waals surface area contributed by atoms with Crippen LogP contribution < -0.4 is 0 Å². The van der Waals surface area contributed by atoms with Crippen LogP contribution in [-0.4, -0.2) is 21.5 Å². The average molecular weight is 265 g/mol. The number of nitrogens with one attached hydrogen (secondary N) is 1. The van der Waals surface area contributed by atoms with Gasteiger partial charge >= 0.3 is 0 Å². The van der Waals surface area contributed by atoms with Gasteiger partial charge in [0.1, 0.15) is 5.82 Å². The SMILES string of the molecule is O=C1CC(Cc2ncc[nH]2)CC2C1=Nc1ccccc12. The lowest BCUT2D eigenvalue weighted by Crippen LogP contribution is -2.31. The smallest absolute Gasteiger partial charge is 0.177 e. The number of aromatic nitrogens is 2. The molecule has 4 rings (SSSR count). The third-order valence-electron chi connectivity index (χ3n) is 4.25. The van der Waals surface area contributed by atoms with Gasteiger partial charge < -0.3 is 4.98 Å². The van der Waals surface area contributed by atoms with Gasteiger partial charge in [-0.15, -0.1) is 0 Å². The van der Waals surface area contributed by atoms with Crippen LogP contribution in [0.5, 0.6) is 0 Å². The molecule has 20 heavy (non-hydrogen) atoms. The molecular formula is C16H15N3O. The minimum atomic E-state index is 0.187. The lowest BCUT2D eigenvalue weighted by molar-refractivity contribution is -0.114. The number of H-pyrrole nitrogens is 1. The number of nitrogens with zero attached hydrogens (tertiary/aromatic N) is 2. The van der Waals surface area contributed by atoms with Crippen LogP contribution in [0.3, 0.4) is 0 Å². The number of fused-ring (bicyclic) bond motifs is 3. The van der Waals surface area contributed by atoms with Crippen LogP contribution in [0.4, 0.5) is 5.69 Å². The highest BCUT2D eigenvalue weighted by Gasteiger charge is 2.38. The van der Waals surface area contributed by atoms with Crippen molar-refractivity contribution < 1.29 is 4.79 Å². The fourth-order valence-electron chi connectivity index (χ4n) is 3.36. The summed E-state index contributed by atoms with van der Waals surface area (Å²) in [5, 5.41) is 0. The lowest BCUT2D eigenvalue weighted by atomic mass is 9.76. The van der Waals surface area contributed by atoms with Gasteiger partial charge in [-0.05, 0) is 24.0 Å². The van der Waals surface area contributed by atoms with Crippen molar-refractivity contribution in [1.82, 2.24) is 9.97 Å². The van der Waals surface area contributed by atoms with E-state index in [1.807, 2.05) is 24.4 Å². The van der Waals surface area contributed by atoms with E-state index in [0.717, 1.165) is 30.1 Å². The molecule has 2 atom stereocenters. The number of carbonyl (C=O) groups excluding carboxylic acids is 1. The van der Waals surface area contributed by atoms with Crippen molar-refractivity contribution in [2.24, 2.45) is 10.9 Å². The van der Waals surface area contributed by atoms with Crippen molar-refractivity contribution in [1.29, 1.82) is 0 Å². The van der Waals surface area contributed by atoms with Crippen LogP contribution in [0.25, 0.3) is 0 Å². The van der Waals surface area contributed by atoms with Crippen LogP contribution in [-0.2, 0) is 11.2 Å². The fraction of sp³-hybridized carbons (Fsp3) is 0.312. The topological polar surface area (TPSA) is 58.1 Å². The number of ketones is 1. The van der Waals surface area contributed by atoms with Gasteiger partial charge in [0, 0.05) is 31.2 Å². The minimum Gasteiger partial charge on any atom is -0.349 e. The molecule has 1 N–H and O–H groups in total. The maximum Gasteiger partial charge on any atom is 0.177 e. The number of carbonyl (C=O) groups is 1. The summed E-state index contributed by atoms with van der Waals surface area (Å²) >= 11 is 0. The van der Waals surface area contributed by atoms with Gasteiger partial charge in [0.05, 0.1) is 11.4 Å². The Morgan fingerprint density at radius 2 is 2.20 bits per heavy atom. The molecule has 1 aliphatic carbocycles. The van der Waals surface area contributed by atoms with Gasteiger partial charge in [-0.1, -0.05) is 18.2 Å². The standard InChI is InChI=1S/C16H15N3O/c20-14-8-10(9-15-17-5-6-18-15)7-12-11-3-1-2-4-13(11)19-16(12)14/h1-6,10,12H,7-9H2,(H,17,18). The molecule has 2 heterocycles. The highest BCUT2D eigenvalue weighted by molar-refractivity contribution is 6.44. The minimum absolute atomic E-state index is 0.187. The summed E-state index contributed by atoms with van der Waals surface area (Å²) in [6.07, 6.45) is 6.01. The second-order valence-electron chi connectivity index (χ2n) is 5.58. The predicted molar refractivity (Wildman–Crippen MR) is 76.3 cm³/mol. The van der Waals surface area contributed by atoms with Crippen LogP contribution in [0.2, 0.25) is 0 Å². The van der Waals surface area contributed by atoms with Crippen molar-refractivity contribution in [2.45, 2.75) is 25.2 Å². The van der Waals surface area contributed by atoms with E-state index in [1.54, 1.807) is 6.20 Å². The highest BCUT2D eigenvalue weighted by atomic mass is 16.1. The number of Topliss-reactive ketones (excluding diaryl/α,β-unsaturated/α-hetero) is 1. The number of para-hydroxylation sites is 1. The summed E-state index contributed by atoms with van der Waals surface area (Å²) in [6, 6.07) is 8.09. The number of aliphatic imine (C=N–C) groups is 1. The highest BCUT2D eigenvalue weighted by Crippen LogP contribution is 2.43. The molecule has 1 fully saturated rings. The number of hydrogen-bond acceptors (Lipinski definition) is 3. The van der Waals surface area contributed by atoms with Crippen molar-refractivity contribution in [3.63, 3.8) is 0 Å². The number of hydrogen-bond donors (Lipinski definition) is 1.